The Balaban J connectivity index is 0.00000208. The van der Waals surface area contributed by atoms with Gasteiger partial charge in [-0.2, -0.15) is 0 Å². The van der Waals surface area contributed by atoms with Gasteiger partial charge in [-0.3, -0.25) is 9.00 Å². The normalized spacial score (nSPS) is 24.1. The molecule has 3 unspecified atom stereocenters. The molecule has 3 rings (SSSR count). The van der Waals surface area contributed by atoms with Crippen LogP contribution in [0, 0.1) is 0 Å². The maximum Gasteiger partial charge on any atom is 0.222 e. The summed E-state index contributed by atoms with van der Waals surface area (Å²) in [6, 6.07) is 8.62. The summed E-state index contributed by atoms with van der Waals surface area (Å²) in [5, 5.41) is 3.59. The number of carbonyl (C=O) groups excluding carboxylic acids is 1. The molecule has 2 fully saturated rings. The van der Waals surface area contributed by atoms with Gasteiger partial charge in [0.1, 0.15) is 0 Å². The molecule has 7 heteroatoms. The quantitative estimate of drug-likeness (QED) is 0.773. The molecule has 24 heavy (non-hydrogen) atoms. The van der Waals surface area contributed by atoms with Gasteiger partial charge in [0.05, 0.1) is 10.8 Å². The van der Waals surface area contributed by atoms with Crippen LogP contribution in [-0.2, 0) is 15.6 Å². The molecule has 134 valence electrons. The van der Waals surface area contributed by atoms with Gasteiger partial charge >= 0.3 is 0 Å². The monoisotopic (exact) mass is 434 g/mol. The van der Waals surface area contributed by atoms with E-state index in [0.29, 0.717) is 30.7 Å². The highest BCUT2D eigenvalue weighted by atomic mass is 79.9. The van der Waals surface area contributed by atoms with Gasteiger partial charge < -0.3 is 10.2 Å². The first-order chi connectivity index (χ1) is 11.1. The molecule has 0 aliphatic carbocycles. The molecule has 2 saturated heterocycles. The number of rotatable bonds is 5. The predicted octanol–water partition coefficient (Wildman–Crippen LogP) is 3.11. The first-order valence-corrected chi connectivity index (χ1v) is 10.4. The molecule has 0 spiro atoms. The van der Waals surface area contributed by atoms with Gasteiger partial charge in [0.15, 0.2) is 0 Å². The molecule has 2 aliphatic rings. The summed E-state index contributed by atoms with van der Waals surface area (Å²) >= 11 is 3.38. The average molecular weight is 436 g/mol. The van der Waals surface area contributed by atoms with E-state index in [9.17, 15) is 9.00 Å². The fourth-order valence-electron chi connectivity index (χ4n) is 3.39. The van der Waals surface area contributed by atoms with Gasteiger partial charge in [0.25, 0.3) is 0 Å². The minimum atomic E-state index is -1.02. The molecule has 1 aromatic carbocycles. The summed E-state index contributed by atoms with van der Waals surface area (Å²) in [6.45, 7) is 1.70. The molecule has 0 aromatic heterocycles. The molecule has 3 atom stereocenters. The van der Waals surface area contributed by atoms with Gasteiger partial charge in [-0.25, -0.2) is 0 Å². The van der Waals surface area contributed by atoms with E-state index in [1.165, 1.54) is 12.8 Å². The molecule has 1 amide bonds. The van der Waals surface area contributed by atoms with Crippen LogP contribution in [0.25, 0.3) is 0 Å². The van der Waals surface area contributed by atoms with Crippen LogP contribution in [0.5, 0.6) is 0 Å². The number of nitrogens with one attached hydrogen (secondary N) is 1. The van der Waals surface area contributed by atoms with Crippen molar-refractivity contribution in [2.75, 3.05) is 18.8 Å². The molecule has 1 N–H and O–H groups in total. The fraction of sp³-hybridized carbons (Fsp3) is 0.588. The number of nitrogens with zero attached hydrogens (tertiary/aromatic N) is 1. The summed E-state index contributed by atoms with van der Waals surface area (Å²) in [6.07, 6.45) is 4.67. The Hall–Kier alpha value is -0.430. The minimum absolute atomic E-state index is 0. The number of likely N-dealkylation sites (tertiary alicyclic amines) is 1. The second-order valence-electron chi connectivity index (χ2n) is 6.37. The number of fused-ring (bicyclic) bond motifs is 2. The number of amides is 1. The van der Waals surface area contributed by atoms with Crippen LogP contribution in [0.15, 0.2) is 33.6 Å². The maximum absolute atomic E-state index is 12.4. The summed E-state index contributed by atoms with van der Waals surface area (Å²) in [5.74, 6) is 0.762. The van der Waals surface area contributed by atoms with Crippen LogP contribution in [0.3, 0.4) is 0 Å². The SMILES string of the molecule is Cl.O=C(CCCS(=O)c1ccc(Br)cc1)N1CCC2CCC(C1)N2. The molecule has 1 aromatic rings. The van der Waals surface area contributed by atoms with Crippen LogP contribution in [0.2, 0.25) is 0 Å². The Morgan fingerprint density at radius 1 is 1.21 bits per heavy atom. The zero-order valence-corrected chi connectivity index (χ0v) is 16.8. The lowest BCUT2D eigenvalue weighted by atomic mass is 10.1. The van der Waals surface area contributed by atoms with E-state index in [2.05, 4.69) is 21.2 Å². The second kappa shape index (κ2) is 9.32. The minimum Gasteiger partial charge on any atom is -0.341 e. The summed E-state index contributed by atoms with van der Waals surface area (Å²) in [7, 11) is -1.02. The highest BCUT2D eigenvalue weighted by Gasteiger charge is 2.30. The smallest absolute Gasteiger partial charge is 0.222 e. The zero-order chi connectivity index (χ0) is 16.2. The Morgan fingerprint density at radius 3 is 2.67 bits per heavy atom. The Bertz CT molecular complexity index is 584. The van der Waals surface area contributed by atoms with Crippen molar-refractivity contribution in [1.29, 1.82) is 0 Å². The molecular formula is C17H24BrClN2O2S. The van der Waals surface area contributed by atoms with Crippen LogP contribution < -0.4 is 5.32 Å². The standard InChI is InChI=1S/C17H23BrN2O2S.ClH/c18-13-3-7-16(8-4-13)23(22)11-1-2-17(21)20-10-9-14-5-6-15(12-20)19-14;/h3-4,7-8,14-15,19H,1-2,5-6,9-12H2;1H. The highest BCUT2D eigenvalue weighted by molar-refractivity contribution is 9.10. The number of hydrogen-bond acceptors (Lipinski definition) is 3. The van der Waals surface area contributed by atoms with E-state index < -0.39 is 10.8 Å². The van der Waals surface area contributed by atoms with E-state index in [0.717, 1.165) is 28.9 Å². The van der Waals surface area contributed by atoms with E-state index in [-0.39, 0.29) is 18.3 Å². The molecular weight excluding hydrogens is 412 g/mol. The number of benzene rings is 1. The number of halogens is 2. The van der Waals surface area contributed by atoms with Crippen molar-refractivity contribution in [3.8, 4) is 0 Å². The number of hydrogen-bond donors (Lipinski definition) is 1. The molecule has 0 radical (unpaired) electrons. The van der Waals surface area contributed by atoms with Gasteiger partial charge in [-0.05, 0) is 49.9 Å². The first kappa shape index (κ1) is 19.9. The van der Waals surface area contributed by atoms with Crippen molar-refractivity contribution in [2.45, 2.75) is 49.1 Å². The predicted molar refractivity (Wildman–Crippen MR) is 103 cm³/mol. The third kappa shape index (κ3) is 5.28. The molecule has 2 heterocycles. The Kier molecular flexibility index (Phi) is 7.72. The summed E-state index contributed by atoms with van der Waals surface area (Å²) in [5.41, 5.74) is 0. The van der Waals surface area contributed by atoms with Gasteiger partial charge in [0, 0.05) is 46.7 Å². The van der Waals surface area contributed by atoms with Crippen molar-refractivity contribution in [1.82, 2.24) is 10.2 Å². The van der Waals surface area contributed by atoms with Crippen molar-refractivity contribution in [2.24, 2.45) is 0 Å². The molecule has 4 nitrogen and oxygen atoms in total. The molecule has 0 saturated carbocycles. The van der Waals surface area contributed by atoms with Crippen molar-refractivity contribution >= 4 is 45.0 Å². The van der Waals surface area contributed by atoms with Crippen molar-refractivity contribution < 1.29 is 9.00 Å². The topological polar surface area (TPSA) is 49.4 Å². The van der Waals surface area contributed by atoms with Crippen LogP contribution in [0.1, 0.15) is 32.1 Å². The lowest BCUT2D eigenvalue weighted by molar-refractivity contribution is -0.131. The lowest BCUT2D eigenvalue weighted by Gasteiger charge is -2.24. The average Bonchev–Trinajstić information content (AvgIpc) is 2.86. The van der Waals surface area contributed by atoms with Gasteiger partial charge in [0.2, 0.25) is 5.91 Å². The maximum atomic E-state index is 12.4. The number of carbonyl (C=O) groups is 1. The van der Waals surface area contributed by atoms with Crippen LogP contribution in [0.4, 0.5) is 0 Å². The fourth-order valence-corrected chi connectivity index (χ4v) is 4.73. The lowest BCUT2D eigenvalue weighted by Crippen LogP contribution is -2.39. The summed E-state index contributed by atoms with van der Waals surface area (Å²) in [4.78, 5) is 15.2. The van der Waals surface area contributed by atoms with E-state index in [1.807, 2.05) is 29.2 Å². The van der Waals surface area contributed by atoms with Crippen LogP contribution in [-0.4, -0.2) is 45.9 Å². The van der Waals surface area contributed by atoms with Crippen molar-refractivity contribution in [3.05, 3.63) is 28.7 Å². The van der Waals surface area contributed by atoms with Gasteiger partial charge in [-0.1, -0.05) is 15.9 Å². The third-order valence-corrected chi connectivity index (χ3v) is 6.66. The van der Waals surface area contributed by atoms with E-state index >= 15 is 0 Å². The first-order valence-electron chi connectivity index (χ1n) is 8.29. The highest BCUT2D eigenvalue weighted by Crippen LogP contribution is 2.21. The Labute approximate surface area is 160 Å². The zero-order valence-electron chi connectivity index (χ0n) is 13.6. The third-order valence-electron chi connectivity index (χ3n) is 4.67. The van der Waals surface area contributed by atoms with E-state index in [1.54, 1.807) is 0 Å². The second-order valence-corrected chi connectivity index (χ2v) is 8.86. The molecule has 2 bridgehead atoms. The molecule has 2 aliphatic heterocycles. The van der Waals surface area contributed by atoms with Gasteiger partial charge in [-0.15, -0.1) is 12.4 Å². The van der Waals surface area contributed by atoms with Crippen molar-refractivity contribution in [3.63, 3.8) is 0 Å². The largest absolute Gasteiger partial charge is 0.341 e. The van der Waals surface area contributed by atoms with Crippen LogP contribution >= 0.6 is 28.3 Å². The summed E-state index contributed by atoms with van der Waals surface area (Å²) < 4.78 is 13.2. The Morgan fingerprint density at radius 2 is 1.92 bits per heavy atom. The van der Waals surface area contributed by atoms with E-state index in [4.69, 9.17) is 0 Å².